The molecule has 0 amide bonds. The molecule has 8 nitrogen and oxygen atoms in total. The van der Waals surface area contributed by atoms with E-state index >= 15 is 0 Å². The molecular formula is C22H15ClN8. The molecule has 0 aliphatic rings. The molecule has 0 saturated heterocycles. The minimum absolute atomic E-state index is 0.00905. The zero-order chi connectivity index (χ0) is 22.1. The predicted molar refractivity (Wildman–Crippen MR) is 119 cm³/mol. The molecule has 0 unspecified atom stereocenters. The predicted octanol–water partition coefficient (Wildman–Crippen LogP) is 3.52. The average Bonchev–Trinajstić information content (AvgIpc) is 2.76. The van der Waals surface area contributed by atoms with Crippen LogP contribution in [0.25, 0.3) is 16.7 Å². The molecule has 0 fully saturated rings. The molecule has 31 heavy (non-hydrogen) atoms. The summed E-state index contributed by atoms with van der Waals surface area (Å²) in [4.78, 5) is 8.90. The van der Waals surface area contributed by atoms with Crippen LogP contribution in [-0.4, -0.2) is 14.8 Å². The minimum Gasteiger partial charge on any atom is -0.396 e. The number of hydrogen-bond acceptors (Lipinski definition) is 7. The lowest BCUT2D eigenvalue weighted by Crippen LogP contribution is -2.26. The van der Waals surface area contributed by atoms with Crippen molar-refractivity contribution in [2.45, 2.75) is 6.92 Å². The van der Waals surface area contributed by atoms with E-state index in [9.17, 15) is 10.5 Å². The van der Waals surface area contributed by atoms with Gasteiger partial charge in [0.1, 0.15) is 40.1 Å². The quantitative estimate of drug-likeness (QED) is 0.501. The van der Waals surface area contributed by atoms with Gasteiger partial charge in [-0.3, -0.25) is 0 Å². The van der Waals surface area contributed by atoms with Gasteiger partial charge in [0, 0.05) is 5.02 Å². The first-order valence-electron chi connectivity index (χ1n) is 9.12. The van der Waals surface area contributed by atoms with Crippen LogP contribution in [0.2, 0.25) is 5.02 Å². The lowest BCUT2D eigenvalue weighted by atomic mass is 10.1. The van der Waals surface area contributed by atoms with Gasteiger partial charge >= 0.3 is 0 Å². The van der Waals surface area contributed by atoms with Gasteiger partial charge in [-0.15, -0.1) is 0 Å². The molecule has 0 bridgehead atoms. The number of nitrogens with zero attached hydrogens (tertiary/aromatic N) is 6. The molecule has 2 aromatic heterocycles. The molecule has 0 radical (unpaired) electrons. The Hall–Kier alpha value is -4.40. The maximum absolute atomic E-state index is 10.0. The van der Waals surface area contributed by atoms with E-state index in [0.29, 0.717) is 16.4 Å². The summed E-state index contributed by atoms with van der Waals surface area (Å²) in [6, 6.07) is 18.5. The first-order valence-corrected chi connectivity index (χ1v) is 9.50. The third-order valence-electron chi connectivity index (χ3n) is 4.66. The molecule has 9 heteroatoms. The molecule has 4 rings (SSSR count). The van der Waals surface area contributed by atoms with Crippen molar-refractivity contribution in [3.05, 3.63) is 75.7 Å². The minimum atomic E-state index is -0.0728. The van der Waals surface area contributed by atoms with Crippen molar-refractivity contribution in [1.29, 1.82) is 10.5 Å². The zero-order valence-electron chi connectivity index (χ0n) is 16.3. The van der Waals surface area contributed by atoms with E-state index in [-0.39, 0.29) is 39.2 Å². The highest BCUT2D eigenvalue weighted by atomic mass is 35.5. The van der Waals surface area contributed by atoms with Crippen molar-refractivity contribution >= 4 is 39.8 Å². The number of rotatable bonds is 2. The van der Waals surface area contributed by atoms with Gasteiger partial charge in [-0.1, -0.05) is 29.3 Å². The Labute approximate surface area is 182 Å². The molecule has 150 valence electrons. The summed E-state index contributed by atoms with van der Waals surface area (Å²) >= 11 is 6.03. The number of halogens is 1. The lowest BCUT2D eigenvalue weighted by Gasteiger charge is -2.13. The van der Waals surface area contributed by atoms with Gasteiger partial charge in [-0.2, -0.15) is 15.6 Å². The fourth-order valence-corrected chi connectivity index (χ4v) is 3.20. The standard InChI is InChI=1S/C22H15ClN8/c1-12-2-6-14(7-3-12)28-22-17(11-25)19-20(18(26)16(10-24)21(27)29-19)30-31(22)15-8-4-13(23)5-9-15/h2-9H,26H2,1H3,(H2,27,29). The molecule has 4 N–H and O–H groups in total. The Morgan fingerprint density at radius 1 is 0.935 bits per heavy atom. The van der Waals surface area contributed by atoms with Crippen LogP contribution >= 0.6 is 11.6 Å². The second kappa shape index (κ2) is 7.79. The fraction of sp³-hybridized carbons (Fsp3) is 0.0455. The van der Waals surface area contributed by atoms with Crippen molar-refractivity contribution in [3.63, 3.8) is 0 Å². The van der Waals surface area contributed by atoms with Crippen molar-refractivity contribution < 1.29 is 0 Å². The lowest BCUT2D eigenvalue weighted by molar-refractivity contribution is 0.805. The van der Waals surface area contributed by atoms with Gasteiger partial charge in [0.15, 0.2) is 5.49 Å². The molecule has 4 aromatic rings. The van der Waals surface area contributed by atoms with E-state index < -0.39 is 0 Å². The second-order valence-electron chi connectivity index (χ2n) is 6.74. The van der Waals surface area contributed by atoms with Crippen LogP contribution in [0.15, 0.2) is 53.5 Å². The van der Waals surface area contributed by atoms with E-state index in [1.54, 1.807) is 24.3 Å². The van der Waals surface area contributed by atoms with Crippen LogP contribution < -0.4 is 17.0 Å². The number of benzene rings is 2. The number of anilines is 2. The Balaban J connectivity index is 2.19. The van der Waals surface area contributed by atoms with E-state index in [2.05, 4.69) is 21.1 Å². The summed E-state index contributed by atoms with van der Waals surface area (Å²) in [6.07, 6.45) is 0. The van der Waals surface area contributed by atoms with Gasteiger partial charge in [0.2, 0.25) is 0 Å². The van der Waals surface area contributed by atoms with Gasteiger partial charge in [-0.05, 0) is 43.3 Å². The second-order valence-corrected chi connectivity index (χ2v) is 7.18. The SMILES string of the molecule is Cc1ccc(N=c2c(C#N)c3nc(N)c(C#N)c(N)c3nn2-c2ccc(Cl)cc2)cc1. The molecule has 0 aliphatic heterocycles. The Morgan fingerprint density at radius 3 is 2.19 bits per heavy atom. The van der Waals surface area contributed by atoms with E-state index in [4.69, 9.17) is 23.1 Å². The highest BCUT2D eigenvalue weighted by Crippen LogP contribution is 2.27. The largest absolute Gasteiger partial charge is 0.396 e. The van der Waals surface area contributed by atoms with Gasteiger partial charge in [0.25, 0.3) is 0 Å². The molecule has 0 spiro atoms. The van der Waals surface area contributed by atoms with Gasteiger partial charge in [-0.25, -0.2) is 14.7 Å². The number of nitrogens with two attached hydrogens (primary N) is 2. The van der Waals surface area contributed by atoms with Crippen molar-refractivity contribution in [3.8, 4) is 17.8 Å². The molecular weight excluding hydrogens is 412 g/mol. The summed E-state index contributed by atoms with van der Waals surface area (Å²) in [6.45, 7) is 1.97. The summed E-state index contributed by atoms with van der Waals surface area (Å²) in [5.41, 5.74) is 15.2. The maximum Gasteiger partial charge on any atom is 0.174 e. The summed E-state index contributed by atoms with van der Waals surface area (Å²) in [5, 5.41) is 24.5. The first kappa shape index (κ1) is 19.9. The monoisotopic (exact) mass is 426 g/mol. The maximum atomic E-state index is 10.0. The zero-order valence-corrected chi connectivity index (χ0v) is 17.1. The Bertz CT molecular complexity index is 1470. The molecule has 2 aromatic carbocycles. The highest BCUT2D eigenvalue weighted by molar-refractivity contribution is 6.30. The van der Waals surface area contributed by atoms with Crippen molar-refractivity contribution in [2.75, 3.05) is 11.5 Å². The van der Waals surface area contributed by atoms with Gasteiger partial charge < -0.3 is 11.5 Å². The normalized spacial score (nSPS) is 11.3. The smallest absolute Gasteiger partial charge is 0.174 e. The number of fused-ring (bicyclic) bond motifs is 1. The van der Waals surface area contributed by atoms with Crippen LogP contribution in [0.1, 0.15) is 16.7 Å². The van der Waals surface area contributed by atoms with E-state index in [1.807, 2.05) is 37.3 Å². The van der Waals surface area contributed by atoms with Crippen molar-refractivity contribution in [1.82, 2.24) is 14.8 Å². The van der Waals surface area contributed by atoms with Crippen molar-refractivity contribution in [2.24, 2.45) is 4.99 Å². The summed E-state index contributed by atoms with van der Waals surface area (Å²) in [7, 11) is 0. The molecule has 2 heterocycles. The molecule has 0 atom stereocenters. The Morgan fingerprint density at radius 2 is 1.58 bits per heavy atom. The van der Waals surface area contributed by atoms with Crippen LogP contribution in [0.5, 0.6) is 0 Å². The summed E-state index contributed by atoms with van der Waals surface area (Å²) < 4.78 is 1.48. The topological polar surface area (TPSA) is 143 Å². The number of nitrogen functional groups attached to an aromatic ring is 2. The van der Waals surface area contributed by atoms with Crippen LogP contribution in [-0.2, 0) is 0 Å². The first-order chi connectivity index (χ1) is 14.9. The third-order valence-corrected chi connectivity index (χ3v) is 4.91. The Kier molecular flexibility index (Phi) is 5.00. The summed E-state index contributed by atoms with van der Waals surface area (Å²) in [5.74, 6) is -0.0728. The third kappa shape index (κ3) is 3.52. The number of pyridine rings is 1. The van der Waals surface area contributed by atoms with Crippen LogP contribution in [0.4, 0.5) is 17.2 Å². The van der Waals surface area contributed by atoms with Gasteiger partial charge in [0.05, 0.1) is 17.1 Å². The molecule has 0 saturated carbocycles. The number of aryl methyl sites for hydroxylation is 1. The number of nitriles is 2. The van der Waals surface area contributed by atoms with E-state index in [0.717, 1.165) is 5.56 Å². The van der Waals surface area contributed by atoms with Crippen LogP contribution in [0, 0.1) is 29.6 Å². The average molecular weight is 427 g/mol. The van der Waals surface area contributed by atoms with Crippen LogP contribution in [0.3, 0.4) is 0 Å². The fourth-order valence-electron chi connectivity index (χ4n) is 3.08. The highest BCUT2D eigenvalue weighted by Gasteiger charge is 2.19. The number of hydrogen-bond donors (Lipinski definition) is 2. The molecule has 0 aliphatic carbocycles. The van der Waals surface area contributed by atoms with E-state index in [1.165, 1.54) is 4.68 Å². The number of aromatic nitrogens is 3.